The number of halogens is 3. The van der Waals surface area contributed by atoms with Crippen molar-refractivity contribution in [2.75, 3.05) is 19.8 Å². The maximum absolute atomic E-state index is 13.4. The van der Waals surface area contributed by atoms with Crippen molar-refractivity contribution >= 4 is 11.8 Å². The average Bonchev–Trinajstić information content (AvgIpc) is 3.46. The molecule has 2 aliphatic rings. The van der Waals surface area contributed by atoms with E-state index in [-0.39, 0.29) is 24.2 Å². The first-order valence-electron chi connectivity index (χ1n) is 11.5. The number of rotatable bonds is 7. The largest absolute Gasteiger partial charge is 0.522 e. The van der Waals surface area contributed by atoms with Crippen LogP contribution >= 0.6 is 0 Å². The monoisotopic (exact) mass is 479 g/mol. The Hall–Kier alpha value is -2.85. The van der Waals surface area contributed by atoms with Gasteiger partial charge in [-0.25, -0.2) is 0 Å². The van der Waals surface area contributed by atoms with Gasteiger partial charge in [0.05, 0.1) is 43.2 Å². The molecule has 1 saturated heterocycles. The number of ether oxygens (including phenoxy) is 2. The molecule has 34 heavy (non-hydrogen) atoms. The van der Waals surface area contributed by atoms with E-state index in [1.54, 1.807) is 10.6 Å². The van der Waals surface area contributed by atoms with Crippen LogP contribution in [-0.4, -0.2) is 53.4 Å². The molecule has 2 aliphatic heterocycles. The number of hydrogen-bond donors (Lipinski definition) is 1. The molecule has 2 atom stereocenters. The molecule has 0 spiro atoms. The van der Waals surface area contributed by atoms with Crippen molar-refractivity contribution in [3.63, 3.8) is 0 Å². The van der Waals surface area contributed by atoms with Gasteiger partial charge in [0.25, 0.3) is 11.8 Å². The maximum Gasteiger partial charge on any atom is 0.522 e. The molecule has 1 N–H and O–H groups in total. The van der Waals surface area contributed by atoms with Crippen molar-refractivity contribution in [1.29, 1.82) is 0 Å². The maximum atomic E-state index is 13.4. The molecule has 1 aromatic heterocycles. The minimum Gasteiger partial charge on any atom is -0.373 e. The van der Waals surface area contributed by atoms with Crippen LogP contribution < -0.4 is 5.32 Å². The summed E-state index contributed by atoms with van der Waals surface area (Å²) in [5.74, 6) is -0.715. The Morgan fingerprint density at radius 1 is 1.24 bits per heavy atom. The van der Waals surface area contributed by atoms with Crippen molar-refractivity contribution in [3.05, 3.63) is 58.9 Å². The molecule has 0 aliphatic carbocycles. The van der Waals surface area contributed by atoms with Crippen LogP contribution in [0.3, 0.4) is 0 Å². The molecule has 7 nitrogen and oxygen atoms in total. The third kappa shape index (κ3) is 5.28. The van der Waals surface area contributed by atoms with E-state index >= 15 is 0 Å². The summed E-state index contributed by atoms with van der Waals surface area (Å²) in [6, 6.07) is 10.3. The summed E-state index contributed by atoms with van der Waals surface area (Å²) in [7, 11) is 0. The van der Waals surface area contributed by atoms with E-state index in [2.05, 4.69) is 10.1 Å². The van der Waals surface area contributed by atoms with Crippen molar-refractivity contribution < 1.29 is 32.2 Å². The van der Waals surface area contributed by atoms with Crippen LogP contribution in [-0.2, 0) is 22.6 Å². The number of nitrogens with zero attached hydrogens (tertiary/aromatic N) is 2. The quantitative estimate of drug-likeness (QED) is 0.651. The summed E-state index contributed by atoms with van der Waals surface area (Å²) in [4.78, 5) is 28.1. The number of fused-ring (bicyclic) bond motifs is 1. The first-order chi connectivity index (χ1) is 16.3. The summed E-state index contributed by atoms with van der Waals surface area (Å²) < 4.78 is 48.9. The second-order valence-corrected chi connectivity index (χ2v) is 8.49. The van der Waals surface area contributed by atoms with Crippen LogP contribution in [0.15, 0.2) is 36.4 Å². The van der Waals surface area contributed by atoms with Crippen molar-refractivity contribution in [2.24, 2.45) is 0 Å². The number of benzene rings is 1. The van der Waals surface area contributed by atoms with Gasteiger partial charge in [0, 0.05) is 13.1 Å². The van der Waals surface area contributed by atoms with Crippen LogP contribution in [0.25, 0.3) is 0 Å². The summed E-state index contributed by atoms with van der Waals surface area (Å²) in [5, 5.41) is 3.04. The van der Waals surface area contributed by atoms with Crippen LogP contribution in [0.2, 0.25) is 0 Å². The minimum atomic E-state index is -4.75. The standard InChI is InChI=1S/C24H28F3N3O4/c1-2-19(16-7-4-3-5-8-16)28-22(31)18-13-20(30-11-12-33-15-21(18)30)23(32)29-10-6-9-17(29)14-34-24(25,26)27/h3-5,7-8,13,17,19H,2,6,9-12,14-15H2,1H3,(H,28,31). The Bertz CT molecular complexity index is 1020. The lowest BCUT2D eigenvalue weighted by Crippen LogP contribution is -2.40. The van der Waals surface area contributed by atoms with Gasteiger partial charge in [-0.15, -0.1) is 13.2 Å². The average molecular weight is 479 g/mol. The Kier molecular flexibility index (Phi) is 7.27. The molecule has 2 unspecified atom stereocenters. The van der Waals surface area contributed by atoms with Gasteiger partial charge in [-0.1, -0.05) is 37.3 Å². The smallest absolute Gasteiger partial charge is 0.373 e. The second-order valence-electron chi connectivity index (χ2n) is 8.49. The van der Waals surface area contributed by atoms with Crippen LogP contribution in [0, 0.1) is 0 Å². The topological polar surface area (TPSA) is 72.8 Å². The molecule has 10 heteroatoms. The zero-order valence-electron chi connectivity index (χ0n) is 18.9. The first kappa shape index (κ1) is 24.3. The van der Waals surface area contributed by atoms with Crippen LogP contribution in [0.5, 0.6) is 0 Å². The molecule has 4 rings (SSSR count). The van der Waals surface area contributed by atoms with Gasteiger partial charge < -0.3 is 19.5 Å². The number of amides is 2. The number of carbonyl (C=O) groups excluding carboxylic acids is 2. The van der Waals surface area contributed by atoms with E-state index in [1.165, 1.54) is 4.90 Å². The zero-order chi connectivity index (χ0) is 24.3. The van der Waals surface area contributed by atoms with Crippen molar-refractivity contribution in [1.82, 2.24) is 14.8 Å². The van der Waals surface area contributed by atoms with E-state index in [4.69, 9.17) is 4.74 Å². The second kappa shape index (κ2) is 10.2. The van der Waals surface area contributed by atoms with E-state index in [1.807, 2.05) is 37.3 Å². The fourth-order valence-corrected chi connectivity index (χ4v) is 4.65. The summed E-state index contributed by atoms with van der Waals surface area (Å²) >= 11 is 0. The highest BCUT2D eigenvalue weighted by Crippen LogP contribution is 2.28. The molecule has 0 saturated carbocycles. The van der Waals surface area contributed by atoms with Gasteiger partial charge >= 0.3 is 6.36 Å². The molecule has 0 radical (unpaired) electrons. The van der Waals surface area contributed by atoms with E-state index in [9.17, 15) is 22.8 Å². The van der Waals surface area contributed by atoms with Crippen LogP contribution in [0.4, 0.5) is 13.2 Å². The van der Waals surface area contributed by atoms with Crippen molar-refractivity contribution in [2.45, 2.75) is 57.8 Å². The van der Waals surface area contributed by atoms with Gasteiger partial charge in [-0.2, -0.15) is 0 Å². The number of alkyl halides is 3. The molecular formula is C24H28F3N3O4. The minimum absolute atomic E-state index is 0.179. The summed E-state index contributed by atoms with van der Waals surface area (Å²) in [6.45, 7) is 2.66. The fraction of sp³-hybridized carbons (Fsp3) is 0.500. The predicted octanol–water partition coefficient (Wildman–Crippen LogP) is 4.04. The summed E-state index contributed by atoms with van der Waals surface area (Å²) in [6.07, 6.45) is -3.04. The molecule has 2 aromatic rings. The number of nitrogens with one attached hydrogen (secondary N) is 1. The Morgan fingerprint density at radius 3 is 2.71 bits per heavy atom. The van der Waals surface area contributed by atoms with Gasteiger partial charge in [0.1, 0.15) is 5.69 Å². The fourth-order valence-electron chi connectivity index (χ4n) is 4.65. The molecule has 3 heterocycles. The highest BCUT2D eigenvalue weighted by atomic mass is 19.4. The number of aromatic nitrogens is 1. The highest BCUT2D eigenvalue weighted by molar-refractivity contribution is 6.01. The Labute approximate surface area is 195 Å². The molecule has 1 aromatic carbocycles. The Morgan fingerprint density at radius 2 is 2.00 bits per heavy atom. The third-order valence-electron chi connectivity index (χ3n) is 6.36. The van der Waals surface area contributed by atoms with Crippen molar-refractivity contribution in [3.8, 4) is 0 Å². The molecule has 0 bridgehead atoms. The number of hydrogen-bond acceptors (Lipinski definition) is 4. The molecule has 2 amide bonds. The SMILES string of the molecule is CCC(NC(=O)c1cc(C(=O)N2CCCC2COC(F)(F)F)n2c1COCC2)c1ccccc1. The molecule has 1 fully saturated rings. The Balaban J connectivity index is 1.57. The predicted molar refractivity (Wildman–Crippen MR) is 117 cm³/mol. The number of carbonyl (C=O) groups is 2. The highest BCUT2D eigenvalue weighted by Gasteiger charge is 2.37. The number of likely N-dealkylation sites (tertiary alicyclic amines) is 1. The zero-order valence-corrected chi connectivity index (χ0v) is 18.9. The van der Waals surface area contributed by atoms with E-state index in [0.29, 0.717) is 50.2 Å². The summed E-state index contributed by atoms with van der Waals surface area (Å²) in [5.41, 5.74) is 2.20. The lowest BCUT2D eigenvalue weighted by molar-refractivity contribution is -0.327. The van der Waals surface area contributed by atoms with Gasteiger partial charge in [0.15, 0.2) is 0 Å². The third-order valence-corrected chi connectivity index (χ3v) is 6.36. The van der Waals surface area contributed by atoms with Gasteiger partial charge in [-0.3, -0.25) is 14.3 Å². The van der Waals surface area contributed by atoms with Crippen LogP contribution in [0.1, 0.15) is 64.3 Å². The lowest BCUT2D eigenvalue weighted by Gasteiger charge is -2.26. The molecular weight excluding hydrogens is 451 g/mol. The van der Waals surface area contributed by atoms with E-state index < -0.39 is 24.9 Å². The normalized spacial score (nSPS) is 19.1. The van der Waals surface area contributed by atoms with Gasteiger partial charge in [0.2, 0.25) is 0 Å². The van der Waals surface area contributed by atoms with Gasteiger partial charge in [-0.05, 0) is 30.9 Å². The lowest BCUT2D eigenvalue weighted by atomic mass is 10.0. The van der Waals surface area contributed by atoms with E-state index in [0.717, 1.165) is 5.56 Å². The molecule has 184 valence electrons. The first-order valence-corrected chi connectivity index (χ1v) is 11.5.